The van der Waals surface area contributed by atoms with E-state index in [1.54, 1.807) is 0 Å². The van der Waals surface area contributed by atoms with E-state index in [0.717, 1.165) is 63.8 Å². The molecule has 1 amide bonds. The molecule has 0 aromatic heterocycles. The molecule has 1 aliphatic rings. The van der Waals surface area contributed by atoms with Crippen LogP contribution < -0.4 is 5.32 Å². The standard InChI is InChI=1S/C54H105NO10Si/c1-7-10-13-16-19-22-23-26-29-32-35-38-51(58)64-47(37-34-31-28-25-21-18-15-12-9-3)42-52(59)65-54-48(44-62-49(43-56)53(54)60)55-50(57)41-46(63-45-61-39-40-66(4,5)6)36-33-30-27-24-20-17-14-11-8-2/h46-49,53-54,56,60H,7-45H2,1-6H3,(H,55,57)/t46-,47-,48+,49-,53-,54-/m1/s1. The molecule has 1 fully saturated rings. The molecule has 1 aliphatic heterocycles. The maximum absolute atomic E-state index is 13.7. The largest absolute Gasteiger partial charge is 0.462 e. The number of unbranched alkanes of at least 4 members (excludes halogenated alkanes) is 26. The molecular formula is C54H105NO10Si. The SMILES string of the molecule is CCCCCCCCCCCCCC(=O)O[C@H](CCCCCCCCCCC)CC(=O)O[C@H]1[C@H](O)[C@@H](CO)OC[C@@H]1NC(=O)C[C@@H](CCCCCCCCCCC)OCOCC[Si](C)(C)C. The average Bonchev–Trinajstić information content (AvgIpc) is 3.27. The van der Waals surface area contributed by atoms with Crippen LogP contribution in [0.1, 0.15) is 239 Å². The van der Waals surface area contributed by atoms with Gasteiger partial charge < -0.3 is 39.2 Å². The highest BCUT2D eigenvalue weighted by Gasteiger charge is 2.43. The number of ether oxygens (including phenoxy) is 5. The van der Waals surface area contributed by atoms with E-state index >= 15 is 0 Å². The van der Waals surface area contributed by atoms with Crippen molar-refractivity contribution in [1.82, 2.24) is 5.32 Å². The molecule has 0 spiro atoms. The second kappa shape index (κ2) is 42.3. The van der Waals surface area contributed by atoms with Crippen molar-refractivity contribution in [1.29, 1.82) is 0 Å². The Morgan fingerprint density at radius 3 is 1.55 bits per heavy atom. The first-order valence-corrected chi connectivity index (χ1v) is 31.4. The summed E-state index contributed by atoms with van der Waals surface area (Å²) in [5, 5.41) is 24.2. The first kappa shape index (κ1) is 62.4. The van der Waals surface area contributed by atoms with E-state index < -0.39 is 51.1 Å². The van der Waals surface area contributed by atoms with Gasteiger partial charge in [-0.1, -0.05) is 214 Å². The van der Waals surface area contributed by atoms with Gasteiger partial charge in [0.25, 0.3) is 0 Å². The highest BCUT2D eigenvalue weighted by Crippen LogP contribution is 2.23. The molecule has 0 aromatic carbocycles. The van der Waals surface area contributed by atoms with E-state index in [2.05, 4.69) is 45.7 Å². The molecule has 6 atom stereocenters. The van der Waals surface area contributed by atoms with Crippen LogP contribution in [0, 0.1) is 0 Å². The van der Waals surface area contributed by atoms with Crippen molar-refractivity contribution in [3.05, 3.63) is 0 Å². The van der Waals surface area contributed by atoms with Gasteiger partial charge in [0.05, 0.1) is 38.2 Å². The summed E-state index contributed by atoms with van der Waals surface area (Å²) >= 11 is 0. The Morgan fingerprint density at radius 1 is 0.621 bits per heavy atom. The Morgan fingerprint density at radius 2 is 1.08 bits per heavy atom. The fourth-order valence-corrected chi connectivity index (χ4v) is 9.49. The molecule has 0 aromatic rings. The number of carbonyl (C=O) groups is 3. The summed E-state index contributed by atoms with van der Waals surface area (Å²) in [7, 11) is -1.26. The van der Waals surface area contributed by atoms with Crippen LogP contribution in [0.5, 0.6) is 0 Å². The van der Waals surface area contributed by atoms with E-state index in [0.29, 0.717) is 25.9 Å². The highest BCUT2D eigenvalue weighted by molar-refractivity contribution is 6.76. The van der Waals surface area contributed by atoms with Crippen molar-refractivity contribution >= 4 is 25.9 Å². The Labute approximate surface area is 406 Å². The van der Waals surface area contributed by atoms with Gasteiger partial charge >= 0.3 is 11.9 Å². The van der Waals surface area contributed by atoms with Gasteiger partial charge in [-0.3, -0.25) is 14.4 Å². The van der Waals surface area contributed by atoms with Crippen LogP contribution in [0.3, 0.4) is 0 Å². The van der Waals surface area contributed by atoms with Crippen LogP contribution in [0.15, 0.2) is 0 Å². The Kier molecular flexibility index (Phi) is 40.0. The van der Waals surface area contributed by atoms with Crippen LogP contribution >= 0.6 is 0 Å². The Bertz CT molecular complexity index is 1150. The van der Waals surface area contributed by atoms with Crippen molar-refractivity contribution < 1.29 is 48.3 Å². The molecule has 0 radical (unpaired) electrons. The third kappa shape index (κ3) is 35.5. The maximum Gasteiger partial charge on any atom is 0.310 e. The van der Waals surface area contributed by atoms with Crippen molar-refractivity contribution in [2.75, 3.05) is 26.6 Å². The van der Waals surface area contributed by atoms with Crippen molar-refractivity contribution in [2.45, 2.75) is 301 Å². The number of amides is 1. The first-order chi connectivity index (χ1) is 31.9. The molecule has 66 heavy (non-hydrogen) atoms. The van der Waals surface area contributed by atoms with Crippen LogP contribution in [0.2, 0.25) is 25.7 Å². The van der Waals surface area contributed by atoms with Gasteiger partial charge in [-0.15, -0.1) is 0 Å². The zero-order chi connectivity index (χ0) is 48.5. The molecule has 0 aliphatic carbocycles. The predicted octanol–water partition coefficient (Wildman–Crippen LogP) is 13.1. The molecule has 0 bridgehead atoms. The van der Waals surface area contributed by atoms with Crippen LogP contribution in [0.25, 0.3) is 0 Å². The molecule has 1 heterocycles. The van der Waals surface area contributed by atoms with E-state index in [-0.39, 0.29) is 44.2 Å². The van der Waals surface area contributed by atoms with Gasteiger partial charge in [0, 0.05) is 21.1 Å². The number of rotatable bonds is 46. The number of carbonyl (C=O) groups excluding carboxylic acids is 3. The first-order valence-electron chi connectivity index (χ1n) is 27.7. The topological polar surface area (TPSA) is 150 Å². The molecule has 390 valence electrons. The number of nitrogens with one attached hydrogen (secondary N) is 1. The zero-order valence-corrected chi connectivity index (χ0v) is 44.7. The molecule has 11 nitrogen and oxygen atoms in total. The van der Waals surface area contributed by atoms with Gasteiger partial charge in [-0.05, 0) is 31.7 Å². The summed E-state index contributed by atoms with van der Waals surface area (Å²) in [6.07, 6.45) is 31.3. The minimum absolute atomic E-state index is 0.0502. The lowest BCUT2D eigenvalue weighted by atomic mass is 9.97. The summed E-state index contributed by atoms with van der Waals surface area (Å²) in [5.74, 6) is -1.22. The van der Waals surface area contributed by atoms with Crippen molar-refractivity contribution in [3.8, 4) is 0 Å². The lowest BCUT2D eigenvalue weighted by Gasteiger charge is -2.39. The maximum atomic E-state index is 13.7. The Hall–Kier alpha value is -1.57. The van der Waals surface area contributed by atoms with E-state index in [1.807, 2.05) is 0 Å². The second-order valence-corrected chi connectivity index (χ2v) is 26.5. The highest BCUT2D eigenvalue weighted by atomic mass is 28.3. The number of aliphatic hydroxyl groups is 2. The summed E-state index contributed by atoms with van der Waals surface area (Å²) in [4.78, 5) is 40.5. The van der Waals surface area contributed by atoms with E-state index in [9.17, 15) is 24.6 Å². The normalized spacial score (nSPS) is 18.5. The summed E-state index contributed by atoms with van der Waals surface area (Å²) < 4.78 is 29.6. The quantitative estimate of drug-likeness (QED) is 0.0233. The van der Waals surface area contributed by atoms with Gasteiger partial charge in [-0.2, -0.15) is 0 Å². The minimum atomic E-state index is -1.37. The summed E-state index contributed by atoms with van der Waals surface area (Å²) in [6.45, 7) is 13.8. The third-order valence-electron chi connectivity index (χ3n) is 13.1. The van der Waals surface area contributed by atoms with Crippen LogP contribution in [-0.2, 0) is 38.1 Å². The van der Waals surface area contributed by atoms with Gasteiger partial charge in [0.15, 0.2) is 6.10 Å². The van der Waals surface area contributed by atoms with Crippen LogP contribution in [0.4, 0.5) is 0 Å². The van der Waals surface area contributed by atoms with Gasteiger partial charge in [-0.25, -0.2) is 0 Å². The van der Waals surface area contributed by atoms with Gasteiger partial charge in [0.1, 0.15) is 25.1 Å². The molecule has 12 heteroatoms. The predicted molar refractivity (Wildman–Crippen MR) is 272 cm³/mol. The second-order valence-electron chi connectivity index (χ2n) is 20.8. The number of hydrogen-bond acceptors (Lipinski definition) is 10. The molecule has 3 N–H and O–H groups in total. The fourth-order valence-electron chi connectivity index (χ4n) is 8.74. The number of aliphatic hydroxyl groups excluding tert-OH is 2. The summed E-state index contributed by atoms with van der Waals surface area (Å²) in [5.41, 5.74) is 0. The molecule has 0 saturated carbocycles. The molecule has 0 unspecified atom stereocenters. The third-order valence-corrected chi connectivity index (χ3v) is 14.8. The number of esters is 2. The van der Waals surface area contributed by atoms with Crippen LogP contribution in [-0.4, -0.2) is 99.3 Å². The smallest absolute Gasteiger partial charge is 0.310 e. The average molecular weight is 957 g/mol. The van der Waals surface area contributed by atoms with Crippen molar-refractivity contribution in [3.63, 3.8) is 0 Å². The fraction of sp³-hybridized carbons (Fsp3) is 0.944. The lowest BCUT2D eigenvalue weighted by molar-refractivity contribution is -0.193. The van der Waals surface area contributed by atoms with E-state index in [1.165, 1.54) is 128 Å². The molecule has 1 saturated heterocycles. The van der Waals surface area contributed by atoms with E-state index in [4.69, 9.17) is 23.7 Å². The molecular weight excluding hydrogens is 851 g/mol. The van der Waals surface area contributed by atoms with Gasteiger partial charge in [0.2, 0.25) is 5.91 Å². The Balaban J connectivity index is 2.87. The summed E-state index contributed by atoms with van der Waals surface area (Å²) in [6, 6.07) is 0.181. The zero-order valence-electron chi connectivity index (χ0n) is 43.7. The van der Waals surface area contributed by atoms with Crippen molar-refractivity contribution in [2.24, 2.45) is 0 Å². The monoisotopic (exact) mass is 956 g/mol. The number of hydrogen-bond donors (Lipinski definition) is 3. The molecule has 1 rings (SSSR count). The minimum Gasteiger partial charge on any atom is -0.462 e. The lowest BCUT2D eigenvalue weighted by Crippen LogP contribution is -2.61.